The van der Waals surface area contributed by atoms with E-state index in [0.29, 0.717) is 12.3 Å². The Labute approximate surface area is 81.3 Å². The van der Waals surface area contributed by atoms with Gasteiger partial charge >= 0.3 is 0 Å². The van der Waals surface area contributed by atoms with Crippen LogP contribution in [0.25, 0.3) is 0 Å². The van der Waals surface area contributed by atoms with Gasteiger partial charge in [0, 0.05) is 0 Å². The first-order valence-corrected chi connectivity index (χ1v) is 4.77. The number of rotatable bonds is 4. The Morgan fingerprint density at radius 1 is 1.08 bits per heavy atom. The van der Waals surface area contributed by atoms with Crippen LogP contribution in [0, 0.1) is 5.92 Å². The van der Waals surface area contributed by atoms with Gasteiger partial charge in [-0.2, -0.15) is 0 Å². The van der Waals surface area contributed by atoms with Crippen molar-refractivity contribution in [2.45, 2.75) is 52.2 Å². The monoisotopic (exact) mass is 186 g/mol. The highest BCUT2D eigenvalue weighted by Crippen LogP contribution is 2.19. The molecule has 2 heteroatoms. The molecule has 0 aromatic rings. The topological polar surface area (TPSA) is 40.5 Å². The average Bonchev–Trinajstić information content (AvgIpc) is 1.79. The van der Waals surface area contributed by atoms with E-state index >= 15 is 0 Å². The molecule has 0 aliphatic rings. The second-order valence-corrected chi connectivity index (χ2v) is 4.94. The SMILES string of the molecule is CC(C)CC(C)(O)C=CC(C)(C)O. The molecule has 0 radical (unpaired) electrons. The van der Waals surface area contributed by atoms with Gasteiger partial charge in [-0.25, -0.2) is 0 Å². The first-order chi connectivity index (χ1) is 5.62. The third-order valence-electron chi connectivity index (χ3n) is 1.67. The quantitative estimate of drug-likeness (QED) is 0.660. The summed E-state index contributed by atoms with van der Waals surface area (Å²) in [5.74, 6) is 0.446. The molecule has 0 aliphatic carbocycles. The van der Waals surface area contributed by atoms with E-state index in [0.717, 1.165) is 0 Å². The van der Waals surface area contributed by atoms with Gasteiger partial charge in [0.05, 0.1) is 11.2 Å². The molecule has 0 heterocycles. The van der Waals surface area contributed by atoms with Crippen LogP contribution in [0.1, 0.15) is 41.0 Å². The molecule has 0 bridgehead atoms. The molecule has 0 spiro atoms. The van der Waals surface area contributed by atoms with E-state index in [1.165, 1.54) is 0 Å². The summed E-state index contributed by atoms with van der Waals surface area (Å²) in [6.45, 7) is 9.26. The molecule has 0 fully saturated rings. The van der Waals surface area contributed by atoms with Crippen LogP contribution in [-0.4, -0.2) is 21.4 Å². The zero-order valence-electron chi connectivity index (χ0n) is 9.33. The summed E-state index contributed by atoms with van der Waals surface area (Å²) >= 11 is 0. The summed E-state index contributed by atoms with van der Waals surface area (Å²) in [5, 5.41) is 19.3. The van der Waals surface area contributed by atoms with E-state index in [2.05, 4.69) is 13.8 Å². The summed E-state index contributed by atoms with van der Waals surface area (Å²) in [5.41, 5.74) is -1.66. The van der Waals surface area contributed by atoms with Gasteiger partial charge in [-0.05, 0) is 33.1 Å². The Kier molecular flexibility index (Phi) is 4.14. The fourth-order valence-corrected chi connectivity index (χ4v) is 1.28. The second-order valence-electron chi connectivity index (χ2n) is 4.94. The first-order valence-electron chi connectivity index (χ1n) is 4.77. The van der Waals surface area contributed by atoms with Gasteiger partial charge in [0.2, 0.25) is 0 Å². The molecule has 1 atom stereocenters. The lowest BCUT2D eigenvalue weighted by Crippen LogP contribution is -2.25. The van der Waals surface area contributed by atoms with Gasteiger partial charge in [0.1, 0.15) is 0 Å². The fraction of sp³-hybridized carbons (Fsp3) is 0.818. The summed E-state index contributed by atoms with van der Waals surface area (Å²) in [4.78, 5) is 0. The predicted octanol–water partition coefficient (Wildman–Crippen LogP) is 2.11. The molecular formula is C11H22O2. The average molecular weight is 186 g/mol. The van der Waals surface area contributed by atoms with E-state index in [4.69, 9.17) is 0 Å². The highest BCUT2D eigenvalue weighted by molar-refractivity contribution is 5.04. The maximum atomic E-state index is 9.85. The first kappa shape index (κ1) is 12.7. The lowest BCUT2D eigenvalue weighted by molar-refractivity contribution is 0.0814. The fourth-order valence-electron chi connectivity index (χ4n) is 1.28. The standard InChI is InChI=1S/C11H22O2/c1-9(2)8-11(5,13)7-6-10(3,4)12/h6-7,9,12-13H,8H2,1-5H3. The largest absolute Gasteiger partial charge is 0.386 e. The zero-order chi connectivity index (χ0) is 10.7. The van der Waals surface area contributed by atoms with Gasteiger partial charge in [0.15, 0.2) is 0 Å². The molecule has 1 unspecified atom stereocenters. The lowest BCUT2D eigenvalue weighted by Gasteiger charge is -2.22. The van der Waals surface area contributed by atoms with Crippen molar-refractivity contribution in [3.8, 4) is 0 Å². The van der Waals surface area contributed by atoms with Crippen LogP contribution in [0.2, 0.25) is 0 Å². The molecule has 2 nitrogen and oxygen atoms in total. The minimum atomic E-state index is -0.846. The summed E-state index contributed by atoms with van der Waals surface area (Å²) in [6.07, 6.45) is 4.02. The Hall–Kier alpha value is -0.340. The Balaban J connectivity index is 4.24. The number of hydrogen-bond donors (Lipinski definition) is 2. The number of hydrogen-bond acceptors (Lipinski definition) is 2. The van der Waals surface area contributed by atoms with Crippen LogP contribution < -0.4 is 0 Å². The third kappa shape index (κ3) is 8.00. The molecule has 0 amide bonds. The van der Waals surface area contributed by atoms with Crippen molar-refractivity contribution < 1.29 is 10.2 Å². The van der Waals surface area contributed by atoms with Crippen molar-refractivity contribution in [1.82, 2.24) is 0 Å². The summed E-state index contributed by atoms with van der Waals surface area (Å²) in [7, 11) is 0. The molecular weight excluding hydrogens is 164 g/mol. The van der Waals surface area contributed by atoms with Gasteiger partial charge < -0.3 is 10.2 Å². The van der Waals surface area contributed by atoms with Crippen molar-refractivity contribution in [3.05, 3.63) is 12.2 Å². The van der Waals surface area contributed by atoms with Gasteiger partial charge in [-0.3, -0.25) is 0 Å². The predicted molar refractivity (Wildman–Crippen MR) is 55.5 cm³/mol. The molecule has 0 aromatic carbocycles. The van der Waals surface area contributed by atoms with Crippen LogP contribution in [0.4, 0.5) is 0 Å². The van der Waals surface area contributed by atoms with Crippen LogP contribution in [0.15, 0.2) is 12.2 Å². The van der Waals surface area contributed by atoms with E-state index < -0.39 is 11.2 Å². The molecule has 78 valence electrons. The normalized spacial score (nSPS) is 18.2. The van der Waals surface area contributed by atoms with E-state index in [1.807, 2.05) is 0 Å². The summed E-state index contributed by atoms with van der Waals surface area (Å²) < 4.78 is 0. The van der Waals surface area contributed by atoms with E-state index in [1.54, 1.807) is 32.9 Å². The molecule has 13 heavy (non-hydrogen) atoms. The smallest absolute Gasteiger partial charge is 0.0803 e. The van der Waals surface area contributed by atoms with Crippen LogP contribution in [0.5, 0.6) is 0 Å². The van der Waals surface area contributed by atoms with Gasteiger partial charge in [0.25, 0.3) is 0 Å². The zero-order valence-corrected chi connectivity index (χ0v) is 9.33. The van der Waals surface area contributed by atoms with Crippen molar-refractivity contribution in [2.24, 2.45) is 5.92 Å². The van der Waals surface area contributed by atoms with Crippen LogP contribution in [-0.2, 0) is 0 Å². The van der Waals surface area contributed by atoms with Crippen molar-refractivity contribution >= 4 is 0 Å². The van der Waals surface area contributed by atoms with Crippen LogP contribution >= 0.6 is 0 Å². The molecule has 2 N–H and O–H groups in total. The van der Waals surface area contributed by atoms with Crippen molar-refractivity contribution in [3.63, 3.8) is 0 Å². The van der Waals surface area contributed by atoms with Crippen LogP contribution in [0.3, 0.4) is 0 Å². The molecule has 0 saturated carbocycles. The molecule has 0 aliphatic heterocycles. The maximum Gasteiger partial charge on any atom is 0.0803 e. The highest BCUT2D eigenvalue weighted by Gasteiger charge is 2.19. The summed E-state index contributed by atoms with van der Waals surface area (Å²) in [6, 6.07) is 0. The minimum Gasteiger partial charge on any atom is -0.386 e. The second kappa shape index (κ2) is 4.25. The Bertz CT molecular complexity index is 173. The molecule has 0 rings (SSSR count). The Morgan fingerprint density at radius 3 is 1.85 bits per heavy atom. The third-order valence-corrected chi connectivity index (χ3v) is 1.67. The van der Waals surface area contributed by atoms with Gasteiger partial charge in [-0.15, -0.1) is 0 Å². The lowest BCUT2D eigenvalue weighted by atomic mass is 9.92. The highest BCUT2D eigenvalue weighted by atomic mass is 16.3. The number of aliphatic hydroxyl groups is 2. The molecule has 0 aromatic heterocycles. The Morgan fingerprint density at radius 2 is 1.54 bits per heavy atom. The van der Waals surface area contributed by atoms with E-state index in [-0.39, 0.29) is 0 Å². The molecule has 0 saturated heterocycles. The van der Waals surface area contributed by atoms with E-state index in [9.17, 15) is 10.2 Å². The van der Waals surface area contributed by atoms with Crippen molar-refractivity contribution in [2.75, 3.05) is 0 Å². The van der Waals surface area contributed by atoms with Crippen molar-refractivity contribution in [1.29, 1.82) is 0 Å². The maximum absolute atomic E-state index is 9.85. The van der Waals surface area contributed by atoms with Gasteiger partial charge in [-0.1, -0.05) is 26.0 Å². The minimum absolute atomic E-state index is 0.446.